The van der Waals surface area contributed by atoms with Crippen molar-refractivity contribution in [2.75, 3.05) is 0 Å². The number of rotatable bonds is 4. The summed E-state index contributed by atoms with van der Waals surface area (Å²) >= 11 is 3.51. The smallest absolute Gasteiger partial charge is 0.126 e. The van der Waals surface area contributed by atoms with Crippen molar-refractivity contribution < 1.29 is 8.78 Å². The van der Waals surface area contributed by atoms with Crippen molar-refractivity contribution >= 4 is 15.9 Å². The zero-order chi connectivity index (χ0) is 15.6. The maximum atomic E-state index is 13.8. The summed E-state index contributed by atoms with van der Waals surface area (Å²) in [6.07, 6.45) is 0.278. The lowest BCUT2D eigenvalue weighted by Gasteiger charge is -2.19. The van der Waals surface area contributed by atoms with E-state index in [1.54, 1.807) is 0 Å². The molecule has 0 fully saturated rings. The van der Waals surface area contributed by atoms with E-state index in [9.17, 15) is 8.78 Å². The third-order valence-corrected chi connectivity index (χ3v) is 4.74. The number of halogens is 3. The Balaban J connectivity index is 2.34. The lowest BCUT2D eigenvalue weighted by molar-refractivity contribution is 0.522. The molecule has 2 aromatic rings. The molecule has 5 heteroatoms. The molecule has 0 aliphatic heterocycles. The first-order chi connectivity index (χ1) is 9.92. The second-order valence-electron chi connectivity index (χ2n) is 5.13. The van der Waals surface area contributed by atoms with E-state index in [0.717, 1.165) is 33.3 Å². The van der Waals surface area contributed by atoms with Gasteiger partial charge >= 0.3 is 0 Å². The molecule has 0 radical (unpaired) electrons. The average Bonchev–Trinajstić information content (AvgIpc) is 2.45. The number of nitrogens with two attached hydrogens (primary N) is 1. The quantitative estimate of drug-likeness (QED) is 0.640. The highest BCUT2D eigenvalue weighted by atomic mass is 79.9. The van der Waals surface area contributed by atoms with Crippen LogP contribution < -0.4 is 11.3 Å². The number of hydrogen-bond acceptors (Lipinski definition) is 2. The van der Waals surface area contributed by atoms with E-state index in [2.05, 4.69) is 21.4 Å². The molecule has 0 heterocycles. The molecule has 0 saturated carbocycles. The summed E-state index contributed by atoms with van der Waals surface area (Å²) in [4.78, 5) is 0. The molecule has 0 amide bonds. The minimum atomic E-state index is -0.453. The number of nitrogens with one attached hydrogen (secondary N) is 1. The highest BCUT2D eigenvalue weighted by Crippen LogP contribution is 2.27. The van der Waals surface area contributed by atoms with Gasteiger partial charge in [0.25, 0.3) is 0 Å². The Kier molecular flexibility index (Phi) is 5.08. The lowest BCUT2D eigenvalue weighted by atomic mass is 9.96. The summed E-state index contributed by atoms with van der Waals surface area (Å²) in [6, 6.07) is 7.14. The molecule has 1 unspecified atom stereocenters. The van der Waals surface area contributed by atoms with Crippen molar-refractivity contribution in [3.63, 3.8) is 0 Å². The zero-order valence-electron chi connectivity index (χ0n) is 11.9. The third kappa shape index (κ3) is 3.67. The van der Waals surface area contributed by atoms with Crippen LogP contribution in [0.5, 0.6) is 0 Å². The number of hydrogen-bond donors (Lipinski definition) is 2. The molecular weight excluding hydrogens is 338 g/mol. The van der Waals surface area contributed by atoms with Crippen molar-refractivity contribution in [2.45, 2.75) is 26.3 Å². The number of aryl methyl sites for hydroxylation is 2. The summed E-state index contributed by atoms with van der Waals surface area (Å²) in [5.41, 5.74) is 6.08. The van der Waals surface area contributed by atoms with Gasteiger partial charge in [-0.1, -0.05) is 28.1 Å². The normalized spacial score (nSPS) is 12.5. The second kappa shape index (κ2) is 6.64. The Hall–Kier alpha value is -1.30. The fraction of sp³-hybridized carbons (Fsp3) is 0.250. The molecule has 3 N–H and O–H groups in total. The van der Waals surface area contributed by atoms with Crippen LogP contribution in [0.15, 0.2) is 34.8 Å². The summed E-state index contributed by atoms with van der Waals surface area (Å²) in [5, 5.41) is 0. The van der Waals surface area contributed by atoms with Gasteiger partial charge in [-0.05, 0) is 60.7 Å². The van der Waals surface area contributed by atoms with Crippen LogP contribution in [0, 0.1) is 25.5 Å². The highest BCUT2D eigenvalue weighted by Gasteiger charge is 2.15. The molecule has 21 heavy (non-hydrogen) atoms. The van der Waals surface area contributed by atoms with Crippen LogP contribution in [-0.2, 0) is 6.42 Å². The van der Waals surface area contributed by atoms with E-state index in [-0.39, 0.29) is 12.5 Å². The Bertz CT molecular complexity index is 636. The monoisotopic (exact) mass is 354 g/mol. The van der Waals surface area contributed by atoms with E-state index in [0.29, 0.717) is 5.56 Å². The van der Waals surface area contributed by atoms with E-state index in [1.807, 2.05) is 26.0 Å². The largest absolute Gasteiger partial charge is 0.271 e. The molecule has 0 spiro atoms. The molecule has 0 aliphatic carbocycles. The highest BCUT2D eigenvalue weighted by molar-refractivity contribution is 9.10. The van der Waals surface area contributed by atoms with Crippen LogP contribution >= 0.6 is 15.9 Å². The first-order valence-corrected chi connectivity index (χ1v) is 7.38. The van der Waals surface area contributed by atoms with Crippen LogP contribution in [0.2, 0.25) is 0 Å². The molecular formula is C16H17BrF2N2. The second-order valence-corrected chi connectivity index (χ2v) is 5.92. The standard InChI is InChI=1S/C16H17BrF2N2/c1-9-5-12(6-10(2)16(9)17)15(21-20)8-11-7-13(18)3-4-14(11)19/h3-7,15,21H,8,20H2,1-2H3. The topological polar surface area (TPSA) is 38.0 Å². The maximum absolute atomic E-state index is 13.8. The minimum Gasteiger partial charge on any atom is -0.271 e. The SMILES string of the molecule is Cc1cc(C(Cc2cc(F)ccc2F)NN)cc(C)c1Br. The van der Waals surface area contributed by atoms with E-state index in [4.69, 9.17) is 5.84 Å². The van der Waals surface area contributed by atoms with Gasteiger partial charge in [0.2, 0.25) is 0 Å². The lowest BCUT2D eigenvalue weighted by Crippen LogP contribution is -2.30. The van der Waals surface area contributed by atoms with Gasteiger partial charge in [0, 0.05) is 4.47 Å². The van der Waals surface area contributed by atoms with Gasteiger partial charge in [0.1, 0.15) is 11.6 Å². The van der Waals surface area contributed by atoms with Crippen LogP contribution in [0.4, 0.5) is 8.78 Å². The van der Waals surface area contributed by atoms with Crippen molar-refractivity contribution in [3.05, 3.63) is 68.7 Å². The van der Waals surface area contributed by atoms with Crippen molar-refractivity contribution in [2.24, 2.45) is 5.84 Å². The fourth-order valence-electron chi connectivity index (χ4n) is 2.37. The summed E-state index contributed by atoms with van der Waals surface area (Å²) in [7, 11) is 0. The molecule has 0 bridgehead atoms. The average molecular weight is 355 g/mol. The maximum Gasteiger partial charge on any atom is 0.126 e. The predicted molar refractivity (Wildman–Crippen MR) is 83.7 cm³/mol. The summed E-state index contributed by atoms with van der Waals surface area (Å²) < 4.78 is 28.1. The molecule has 112 valence electrons. The van der Waals surface area contributed by atoms with Gasteiger partial charge in [0.05, 0.1) is 6.04 Å². The molecule has 2 aromatic carbocycles. The van der Waals surface area contributed by atoms with Gasteiger partial charge in [0.15, 0.2) is 0 Å². The zero-order valence-corrected chi connectivity index (χ0v) is 13.5. The Labute approximate surface area is 131 Å². The van der Waals surface area contributed by atoms with Crippen LogP contribution in [0.1, 0.15) is 28.3 Å². The van der Waals surface area contributed by atoms with E-state index >= 15 is 0 Å². The van der Waals surface area contributed by atoms with Gasteiger partial charge in [-0.3, -0.25) is 11.3 Å². The minimum absolute atomic E-state index is 0.278. The van der Waals surface area contributed by atoms with Gasteiger partial charge < -0.3 is 0 Å². The fourth-order valence-corrected chi connectivity index (χ4v) is 2.60. The first-order valence-electron chi connectivity index (χ1n) is 6.59. The molecule has 0 saturated heterocycles. The van der Waals surface area contributed by atoms with Crippen LogP contribution in [0.3, 0.4) is 0 Å². The van der Waals surface area contributed by atoms with Gasteiger partial charge in [-0.25, -0.2) is 8.78 Å². The van der Waals surface area contributed by atoms with Crippen molar-refractivity contribution in [3.8, 4) is 0 Å². The number of benzene rings is 2. The molecule has 0 aliphatic rings. The summed E-state index contributed by atoms with van der Waals surface area (Å²) in [5.74, 6) is 4.72. The molecule has 2 rings (SSSR count). The van der Waals surface area contributed by atoms with Gasteiger partial charge in [-0.15, -0.1) is 0 Å². The van der Waals surface area contributed by atoms with Crippen molar-refractivity contribution in [1.29, 1.82) is 0 Å². The molecule has 2 nitrogen and oxygen atoms in total. The Morgan fingerprint density at radius 2 is 1.76 bits per heavy atom. The van der Waals surface area contributed by atoms with E-state index in [1.165, 1.54) is 6.07 Å². The first kappa shape index (κ1) is 16.1. The number of hydrazine groups is 1. The molecule has 1 atom stereocenters. The van der Waals surface area contributed by atoms with E-state index < -0.39 is 11.6 Å². The third-order valence-electron chi connectivity index (χ3n) is 3.49. The summed E-state index contributed by atoms with van der Waals surface area (Å²) in [6.45, 7) is 3.97. The van der Waals surface area contributed by atoms with Crippen molar-refractivity contribution in [1.82, 2.24) is 5.43 Å². The van der Waals surface area contributed by atoms with Gasteiger partial charge in [-0.2, -0.15) is 0 Å². The Morgan fingerprint density at radius 3 is 2.33 bits per heavy atom. The Morgan fingerprint density at radius 1 is 1.14 bits per heavy atom. The van der Waals surface area contributed by atoms with Crippen LogP contribution in [0.25, 0.3) is 0 Å². The molecule has 0 aromatic heterocycles. The predicted octanol–water partition coefficient (Wildman–Crippen LogP) is 4.09. The van der Waals surface area contributed by atoms with Crippen LogP contribution in [-0.4, -0.2) is 0 Å².